The van der Waals surface area contributed by atoms with Crippen LogP contribution in [0.5, 0.6) is 5.75 Å². The maximum Gasteiger partial charge on any atom is 0.422 e. The highest BCUT2D eigenvalue weighted by Crippen LogP contribution is 2.26. The van der Waals surface area contributed by atoms with Gasteiger partial charge in [-0.1, -0.05) is 0 Å². The lowest BCUT2D eigenvalue weighted by molar-refractivity contribution is -0.222. The number of ether oxygens (including phenoxy) is 3. The third-order valence-corrected chi connectivity index (χ3v) is 2.99. The molecule has 0 spiro atoms. The van der Waals surface area contributed by atoms with Crippen LogP contribution in [0.25, 0.3) is 0 Å². The van der Waals surface area contributed by atoms with Gasteiger partial charge in [-0.25, -0.2) is 9.59 Å². The zero-order valence-corrected chi connectivity index (χ0v) is 13.6. The zero-order chi connectivity index (χ0) is 19.5. The number of hydrogen-bond donors (Lipinski definition) is 1. The number of rotatable bonds is 4. The van der Waals surface area contributed by atoms with E-state index in [1.807, 2.05) is 0 Å². The summed E-state index contributed by atoms with van der Waals surface area (Å²) in [4.78, 5) is 23.6. The topological polar surface area (TPSA) is 97.6 Å². The van der Waals surface area contributed by atoms with Gasteiger partial charge >= 0.3 is 18.1 Å². The number of esters is 2. The molecule has 26 heavy (non-hydrogen) atoms. The summed E-state index contributed by atoms with van der Waals surface area (Å²) in [7, 11) is 0. The van der Waals surface area contributed by atoms with E-state index in [0.29, 0.717) is 0 Å². The molecular formula is C16H13F3N2O5. The first-order valence-corrected chi connectivity index (χ1v) is 7.18. The molecule has 138 valence electrons. The molecule has 1 N–H and O–H groups in total. The van der Waals surface area contributed by atoms with Crippen LogP contribution in [0.2, 0.25) is 0 Å². The van der Waals surface area contributed by atoms with Crippen molar-refractivity contribution in [3.63, 3.8) is 0 Å². The van der Waals surface area contributed by atoms with E-state index in [-0.39, 0.29) is 17.0 Å². The van der Waals surface area contributed by atoms with Gasteiger partial charge in [0.05, 0.1) is 5.56 Å². The SMILES string of the molecule is CC1(C)OC(=O)C(=CNc2ccc(OCC(F)(F)F)c(C#N)c2)C(=O)O1. The quantitative estimate of drug-likeness (QED) is 0.494. The normalized spacial score (nSPS) is 16.2. The van der Waals surface area contributed by atoms with Crippen molar-refractivity contribution in [2.45, 2.75) is 25.8 Å². The van der Waals surface area contributed by atoms with E-state index in [9.17, 15) is 22.8 Å². The number of benzene rings is 1. The maximum absolute atomic E-state index is 12.2. The molecule has 1 heterocycles. The Morgan fingerprint density at radius 3 is 2.42 bits per heavy atom. The molecule has 0 amide bonds. The predicted molar refractivity (Wildman–Crippen MR) is 80.7 cm³/mol. The third kappa shape index (κ3) is 4.89. The number of nitrogens with one attached hydrogen (secondary N) is 1. The van der Waals surface area contributed by atoms with Crippen LogP contribution < -0.4 is 10.1 Å². The van der Waals surface area contributed by atoms with Crippen LogP contribution in [0.1, 0.15) is 19.4 Å². The number of carbonyl (C=O) groups is 2. The number of nitrogens with zero attached hydrogens (tertiary/aromatic N) is 1. The van der Waals surface area contributed by atoms with Crippen molar-refractivity contribution in [3.05, 3.63) is 35.5 Å². The average molecular weight is 370 g/mol. The first kappa shape index (κ1) is 19.1. The molecule has 0 aliphatic carbocycles. The number of carbonyl (C=O) groups excluding carboxylic acids is 2. The smallest absolute Gasteiger partial charge is 0.422 e. The molecule has 1 aliphatic heterocycles. The summed E-state index contributed by atoms with van der Waals surface area (Å²) in [5, 5.41) is 11.6. The molecule has 0 radical (unpaired) electrons. The molecule has 0 saturated carbocycles. The van der Waals surface area contributed by atoms with Crippen LogP contribution >= 0.6 is 0 Å². The van der Waals surface area contributed by atoms with E-state index in [4.69, 9.17) is 14.7 Å². The van der Waals surface area contributed by atoms with Crippen molar-refractivity contribution in [2.75, 3.05) is 11.9 Å². The van der Waals surface area contributed by atoms with Crippen LogP contribution in [0.3, 0.4) is 0 Å². The Kier molecular flexibility index (Phi) is 5.11. The molecule has 0 bridgehead atoms. The second-order valence-electron chi connectivity index (χ2n) is 5.61. The van der Waals surface area contributed by atoms with Gasteiger partial charge in [-0.3, -0.25) is 0 Å². The molecule has 1 aromatic rings. The van der Waals surface area contributed by atoms with Gasteiger partial charge in [0.25, 0.3) is 5.79 Å². The largest absolute Gasteiger partial charge is 0.483 e. The van der Waals surface area contributed by atoms with Crippen molar-refractivity contribution in [2.24, 2.45) is 0 Å². The van der Waals surface area contributed by atoms with Gasteiger partial charge in [0.15, 0.2) is 12.2 Å². The number of hydrogen-bond acceptors (Lipinski definition) is 7. The number of cyclic esters (lactones) is 2. The van der Waals surface area contributed by atoms with Crippen LogP contribution in [0, 0.1) is 11.3 Å². The van der Waals surface area contributed by atoms with Gasteiger partial charge in [-0.2, -0.15) is 18.4 Å². The molecule has 0 aromatic heterocycles. The van der Waals surface area contributed by atoms with Gasteiger partial charge in [0.1, 0.15) is 11.8 Å². The van der Waals surface area contributed by atoms with Crippen LogP contribution in [-0.4, -0.2) is 30.5 Å². The Bertz CT molecular complexity index is 787. The van der Waals surface area contributed by atoms with Gasteiger partial charge in [-0.15, -0.1) is 0 Å². The Hall–Kier alpha value is -3.22. The minimum atomic E-state index is -4.54. The molecule has 1 aromatic carbocycles. The molecule has 0 unspecified atom stereocenters. The molecule has 10 heteroatoms. The highest BCUT2D eigenvalue weighted by Gasteiger charge is 2.39. The Labute approximate surface area is 145 Å². The second-order valence-corrected chi connectivity index (χ2v) is 5.61. The fraction of sp³-hybridized carbons (Fsp3) is 0.312. The van der Waals surface area contributed by atoms with E-state index < -0.39 is 36.1 Å². The number of alkyl halides is 3. The van der Waals surface area contributed by atoms with Gasteiger partial charge in [0, 0.05) is 25.7 Å². The van der Waals surface area contributed by atoms with Crippen molar-refractivity contribution >= 4 is 17.6 Å². The Morgan fingerprint density at radius 2 is 1.88 bits per heavy atom. The lowest BCUT2D eigenvalue weighted by atomic mass is 10.2. The fourth-order valence-electron chi connectivity index (χ4n) is 1.93. The molecule has 1 fully saturated rings. The van der Waals surface area contributed by atoms with Crippen molar-refractivity contribution in [1.29, 1.82) is 5.26 Å². The molecular weight excluding hydrogens is 357 g/mol. The van der Waals surface area contributed by atoms with E-state index in [0.717, 1.165) is 12.3 Å². The summed E-state index contributed by atoms with van der Waals surface area (Å²) in [5.74, 6) is -3.42. The van der Waals surface area contributed by atoms with E-state index in [2.05, 4.69) is 10.1 Å². The highest BCUT2D eigenvalue weighted by atomic mass is 19.4. The summed E-state index contributed by atoms with van der Waals surface area (Å²) in [6.07, 6.45) is -3.52. The standard InChI is InChI=1S/C16H13F3N2O5/c1-15(2)25-13(22)11(14(23)26-15)7-21-10-3-4-12(9(5-10)6-20)24-8-16(17,18)19/h3-5,7,21H,8H2,1-2H3. The minimum absolute atomic E-state index is 0.160. The molecule has 7 nitrogen and oxygen atoms in total. The van der Waals surface area contributed by atoms with Gasteiger partial charge in [0.2, 0.25) is 0 Å². The van der Waals surface area contributed by atoms with Crippen LogP contribution in [0.15, 0.2) is 30.0 Å². The third-order valence-electron chi connectivity index (χ3n) is 2.99. The Morgan fingerprint density at radius 1 is 1.27 bits per heavy atom. The first-order valence-electron chi connectivity index (χ1n) is 7.18. The van der Waals surface area contributed by atoms with Gasteiger partial charge in [-0.05, 0) is 18.2 Å². The summed E-state index contributed by atoms with van der Waals surface area (Å²) in [6, 6.07) is 5.37. The first-order chi connectivity index (χ1) is 12.0. The summed E-state index contributed by atoms with van der Waals surface area (Å²) in [6.45, 7) is 1.25. The fourth-order valence-corrected chi connectivity index (χ4v) is 1.93. The van der Waals surface area contributed by atoms with Crippen LogP contribution in [0.4, 0.5) is 18.9 Å². The van der Waals surface area contributed by atoms with Crippen molar-refractivity contribution in [1.82, 2.24) is 0 Å². The Balaban J connectivity index is 2.14. The predicted octanol–water partition coefficient (Wildman–Crippen LogP) is 2.63. The summed E-state index contributed by atoms with van der Waals surface area (Å²) >= 11 is 0. The van der Waals surface area contributed by atoms with Crippen LogP contribution in [-0.2, 0) is 19.1 Å². The molecule has 1 saturated heterocycles. The van der Waals surface area contributed by atoms with E-state index >= 15 is 0 Å². The number of nitriles is 1. The highest BCUT2D eigenvalue weighted by molar-refractivity contribution is 6.15. The molecule has 2 rings (SSSR count). The van der Waals surface area contributed by atoms with Crippen molar-refractivity contribution in [3.8, 4) is 11.8 Å². The zero-order valence-electron chi connectivity index (χ0n) is 13.6. The summed E-state index contributed by atoms with van der Waals surface area (Å²) in [5.41, 5.74) is -0.327. The lowest BCUT2D eigenvalue weighted by Gasteiger charge is -2.29. The maximum atomic E-state index is 12.2. The number of anilines is 1. The van der Waals surface area contributed by atoms with E-state index in [1.54, 1.807) is 6.07 Å². The molecule has 0 atom stereocenters. The van der Waals surface area contributed by atoms with Gasteiger partial charge < -0.3 is 19.5 Å². The van der Waals surface area contributed by atoms with Crippen molar-refractivity contribution < 1.29 is 37.0 Å². The van der Waals surface area contributed by atoms with E-state index in [1.165, 1.54) is 26.0 Å². The summed E-state index contributed by atoms with van der Waals surface area (Å²) < 4.78 is 51.0. The average Bonchev–Trinajstić information content (AvgIpc) is 2.50. The lowest BCUT2D eigenvalue weighted by Crippen LogP contribution is -2.42. The molecule has 1 aliphatic rings. The number of halogens is 3. The monoisotopic (exact) mass is 370 g/mol. The minimum Gasteiger partial charge on any atom is -0.483 e. The second kappa shape index (κ2) is 6.95.